The minimum absolute atomic E-state index is 0.0704. The second-order valence-electron chi connectivity index (χ2n) is 11.1. The van der Waals surface area contributed by atoms with E-state index in [0.717, 1.165) is 30.9 Å². The first-order valence-electron chi connectivity index (χ1n) is 13.6. The van der Waals surface area contributed by atoms with E-state index in [9.17, 15) is 13.2 Å². The summed E-state index contributed by atoms with van der Waals surface area (Å²) in [6.07, 6.45) is 4.36. The van der Waals surface area contributed by atoms with Gasteiger partial charge in [0.1, 0.15) is 11.6 Å². The van der Waals surface area contributed by atoms with Crippen LogP contribution in [0.2, 0.25) is 0 Å². The van der Waals surface area contributed by atoms with Gasteiger partial charge in [0.05, 0.1) is 5.92 Å². The zero-order chi connectivity index (χ0) is 26.9. The molecule has 2 fully saturated rings. The maximum atomic E-state index is 15.0. The Morgan fingerprint density at radius 1 is 0.605 bits per heavy atom. The van der Waals surface area contributed by atoms with Crippen LogP contribution in [0.4, 0.5) is 22.0 Å². The van der Waals surface area contributed by atoms with Gasteiger partial charge in [-0.3, -0.25) is 0 Å². The number of alkyl halides is 2. The van der Waals surface area contributed by atoms with Crippen LogP contribution in [0.5, 0.6) is 5.75 Å². The Hall–Kier alpha value is -2.89. The highest BCUT2D eigenvalue weighted by Gasteiger charge is 2.45. The van der Waals surface area contributed by atoms with Crippen LogP contribution in [0.3, 0.4) is 0 Å². The Morgan fingerprint density at radius 3 is 1.76 bits per heavy atom. The molecule has 0 amide bonds. The molecule has 0 spiro atoms. The van der Waals surface area contributed by atoms with Gasteiger partial charge in [-0.05, 0) is 103 Å². The smallest absolute Gasteiger partial charge is 0.400 e. The van der Waals surface area contributed by atoms with Gasteiger partial charge in [-0.1, -0.05) is 50.1 Å². The summed E-state index contributed by atoms with van der Waals surface area (Å²) >= 11 is 0. The first kappa shape index (κ1) is 26.7. The van der Waals surface area contributed by atoms with Gasteiger partial charge in [0, 0.05) is 5.56 Å². The maximum Gasteiger partial charge on any atom is 0.400 e. The number of hydrogen-bond donors (Lipinski definition) is 0. The monoisotopic (exact) mass is 528 g/mol. The third-order valence-corrected chi connectivity index (χ3v) is 8.62. The second kappa shape index (κ2) is 11.1. The van der Waals surface area contributed by atoms with Gasteiger partial charge in [-0.2, -0.15) is 8.78 Å². The quantitative estimate of drug-likeness (QED) is 0.289. The topological polar surface area (TPSA) is 9.23 Å². The third-order valence-electron chi connectivity index (χ3n) is 8.62. The van der Waals surface area contributed by atoms with Gasteiger partial charge >= 0.3 is 6.11 Å². The normalized spacial score (nSPS) is 24.3. The molecule has 0 unspecified atom stereocenters. The van der Waals surface area contributed by atoms with Crippen LogP contribution in [0.25, 0.3) is 22.3 Å². The summed E-state index contributed by atoms with van der Waals surface area (Å²) in [5.74, 6) is -1.34. The molecule has 5 rings (SSSR count). The Balaban J connectivity index is 1.20. The largest absolute Gasteiger partial charge is 0.432 e. The van der Waals surface area contributed by atoms with Crippen molar-refractivity contribution in [1.82, 2.24) is 0 Å². The molecular formula is C32H33F5O. The fraction of sp³-hybridized carbons (Fsp3) is 0.438. The van der Waals surface area contributed by atoms with Crippen LogP contribution in [-0.2, 0) is 0 Å². The Bertz CT molecular complexity index is 1240. The molecule has 0 radical (unpaired) electrons. The highest BCUT2D eigenvalue weighted by Crippen LogP contribution is 2.45. The molecule has 0 saturated heterocycles. The summed E-state index contributed by atoms with van der Waals surface area (Å²) in [6.45, 7) is 2.30. The molecule has 2 aliphatic carbocycles. The molecule has 6 heteroatoms. The van der Waals surface area contributed by atoms with E-state index in [2.05, 4.69) is 6.92 Å². The zero-order valence-electron chi connectivity index (χ0n) is 21.5. The van der Waals surface area contributed by atoms with E-state index in [1.807, 2.05) is 0 Å². The van der Waals surface area contributed by atoms with Gasteiger partial charge in [-0.25, -0.2) is 13.2 Å². The average molecular weight is 529 g/mol. The molecule has 0 bridgehead atoms. The minimum atomic E-state index is -3.24. The number of rotatable bonds is 6. The lowest BCUT2D eigenvalue weighted by Crippen LogP contribution is -2.38. The lowest BCUT2D eigenvalue weighted by molar-refractivity contribution is -0.224. The predicted molar refractivity (Wildman–Crippen MR) is 139 cm³/mol. The summed E-state index contributed by atoms with van der Waals surface area (Å²) in [4.78, 5) is 0. The summed E-state index contributed by atoms with van der Waals surface area (Å²) in [5.41, 5.74) is 1.52. The first-order valence-corrected chi connectivity index (χ1v) is 13.6. The molecule has 2 saturated carbocycles. The van der Waals surface area contributed by atoms with Crippen LogP contribution in [0.15, 0.2) is 60.7 Å². The maximum absolute atomic E-state index is 15.0. The molecule has 0 aliphatic heterocycles. The number of halogens is 5. The van der Waals surface area contributed by atoms with Gasteiger partial charge in [0.15, 0.2) is 11.6 Å². The van der Waals surface area contributed by atoms with Crippen molar-refractivity contribution >= 4 is 0 Å². The summed E-state index contributed by atoms with van der Waals surface area (Å²) in [6, 6.07) is 13.8. The Morgan fingerprint density at radius 2 is 1.16 bits per heavy atom. The lowest BCUT2D eigenvalue weighted by Gasteiger charge is -2.38. The highest BCUT2D eigenvalue weighted by atomic mass is 19.3. The molecule has 0 N–H and O–H groups in total. The van der Waals surface area contributed by atoms with Crippen molar-refractivity contribution in [2.75, 3.05) is 0 Å². The van der Waals surface area contributed by atoms with Crippen molar-refractivity contribution in [2.45, 2.75) is 64.4 Å². The van der Waals surface area contributed by atoms with E-state index in [4.69, 9.17) is 4.74 Å². The van der Waals surface area contributed by atoms with Crippen LogP contribution in [-0.4, -0.2) is 6.11 Å². The van der Waals surface area contributed by atoms with Crippen LogP contribution in [0, 0.1) is 41.1 Å². The van der Waals surface area contributed by atoms with E-state index in [1.54, 1.807) is 18.2 Å². The summed E-state index contributed by atoms with van der Waals surface area (Å²) in [7, 11) is 0. The van der Waals surface area contributed by atoms with E-state index >= 15 is 8.78 Å². The van der Waals surface area contributed by atoms with E-state index in [-0.39, 0.29) is 16.9 Å². The van der Waals surface area contributed by atoms with Gasteiger partial charge in [0.25, 0.3) is 0 Å². The number of benzene rings is 3. The van der Waals surface area contributed by atoms with Gasteiger partial charge < -0.3 is 4.74 Å². The molecule has 0 heterocycles. The van der Waals surface area contributed by atoms with E-state index in [0.29, 0.717) is 35.8 Å². The molecule has 0 aromatic heterocycles. The average Bonchev–Trinajstić information content (AvgIpc) is 2.91. The van der Waals surface area contributed by atoms with Crippen molar-refractivity contribution in [3.63, 3.8) is 0 Å². The van der Waals surface area contributed by atoms with Gasteiger partial charge in [0.2, 0.25) is 0 Å². The number of hydrogen-bond acceptors (Lipinski definition) is 1. The molecule has 3 aromatic carbocycles. The minimum Gasteiger partial charge on any atom is -0.432 e. The van der Waals surface area contributed by atoms with Crippen LogP contribution in [0.1, 0.15) is 58.3 Å². The molecule has 2 aliphatic rings. The predicted octanol–water partition coefficient (Wildman–Crippen LogP) is 10.0. The Labute approximate surface area is 221 Å². The fourth-order valence-corrected chi connectivity index (χ4v) is 6.23. The molecule has 1 nitrogen and oxygen atoms in total. The first-order chi connectivity index (χ1) is 18.2. The van der Waals surface area contributed by atoms with Crippen molar-refractivity contribution in [2.24, 2.45) is 23.7 Å². The molecule has 202 valence electrons. The van der Waals surface area contributed by atoms with Crippen molar-refractivity contribution in [3.8, 4) is 28.0 Å². The third kappa shape index (κ3) is 5.89. The van der Waals surface area contributed by atoms with E-state index in [1.165, 1.54) is 56.0 Å². The van der Waals surface area contributed by atoms with Crippen LogP contribution >= 0.6 is 0 Å². The molecule has 3 aromatic rings. The van der Waals surface area contributed by atoms with Crippen molar-refractivity contribution in [1.29, 1.82) is 0 Å². The Kier molecular flexibility index (Phi) is 7.78. The highest BCUT2D eigenvalue weighted by molar-refractivity contribution is 5.71. The molecule has 38 heavy (non-hydrogen) atoms. The fourth-order valence-electron chi connectivity index (χ4n) is 6.23. The van der Waals surface area contributed by atoms with Crippen molar-refractivity contribution in [3.05, 3.63) is 78.1 Å². The standard InChI is InChI=1S/C32H33F5O/c1-20-2-4-21(5-3-20)22-6-12-26(13-7-22)32(36,37)38-27-14-8-23(9-15-27)24-10-16-28(30(34)18-24)25-11-17-29(33)31(35)19-25/h8-11,14-22,26H,2-7,12-13H2,1H3. The molecule has 0 atom stereocenters. The van der Waals surface area contributed by atoms with Crippen molar-refractivity contribution < 1.29 is 26.7 Å². The second-order valence-corrected chi connectivity index (χ2v) is 11.1. The number of ether oxygens (including phenoxy) is 1. The zero-order valence-corrected chi connectivity index (χ0v) is 21.5. The lowest BCUT2D eigenvalue weighted by atomic mass is 9.69. The SMILES string of the molecule is CC1CCC(C2CCC(C(F)(F)Oc3ccc(-c4ccc(-c5ccc(F)c(F)c5)c(F)c4)cc3)CC2)CC1. The van der Waals surface area contributed by atoms with E-state index < -0.39 is 29.5 Å². The van der Waals surface area contributed by atoms with Gasteiger partial charge in [-0.15, -0.1) is 0 Å². The summed E-state index contributed by atoms with van der Waals surface area (Å²) < 4.78 is 76.8. The van der Waals surface area contributed by atoms with Crippen LogP contribution < -0.4 is 4.74 Å². The summed E-state index contributed by atoms with van der Waals surface area (Å²) in [5, 5.41) is 0. The molecular weight excluding hydrogens is 495 g/mol.